The number of piperazine rings is 1. The molecule has 2 aliphatic rings. The van der Waals surface area contributed by atoms with Crippen molar-refractivity contribution in [3.8, 4) is 0 Å². The molecule has 0 radical (unpaired) electrons. The molecule has 3 heteroatoms. The lowest BCUT2D eigenvalue weighted by Gasteiger charge is -2.37. The third kappa shape index (κ3) is 1.82. The van der Waals surface area contributed by atoms with Crippen molar-refractivity contribution in [2.45, 2.75) is 45.3 Å². The molecule has 3 rings (SSSR count). The number of anilines is 1. The van der Waals surface area contributed by atoms with Crippen LogP contribution in [0.1, 0.15) is 25.8 Å². The van der Waals surface area contributed by atoms with Crippen LogP contribution in [0.25, 0.3) is 0 Å². The van der Waals surface area contributed by atoms with Crippen LogP contribution in [0.5, 0.6) is 0 Å². The second-order valence-corrected chi connectivity index (χ2v) is 5.68. The zero-order chi connectivity index (χ0) is 12.0. The lowest BCUT2D eigenvalue weighted by molar-refractivity contribution is 0.191. The van der Waals surface area contributed by atoms with Crippen LogP contribution in [0.15, 0.2) is 18.3 Å². The summed E-state index contributed by atoms with van der Waals surface area (Å²) in [6.45, 7) is 9.05. The second-order valence-electron chi connectivity index (χ2n) is 5.68. The molecule has 0 aromatic carbocycles. The van der Waals surface area contributed by atoms with Crippen LogP contribution >= 0.6 is 0 Å². The number of hydrogen-bond acceptors (Lipinski definition) is 3. The van der Waals surface area contributed by atoms with Crippen molar-refractivity contribution in [1.29, 1.82) is 0 Å². The number of fused-ring (bicyclic) bond motifs is 2. The molecule has 3 heterocycles. The second kappa shape index (κ2) is 3.98. The lowest BCUT2D eigenvalue weighted by atomic mass is 10.2. The van der Waals surface area contributed by atoms with E-state index in [9.17, 15) is 0 Å². The van der Waals surface area contributed by atoms with Crippen molar-refractivity contribution in [1.82, 2.24) is 9.88 Å². The fourth-order valence-electron chi connectivity index (χ4n) is 3.24. The van der Waals surface area contributed by atoms with Gasteiger partial charge in [-0.15, -0.1) is 0 Å². The van der Waals surface area contributed by atoms with Gasteiger partial charge in [-0.1, -0.05) is 6.07 Å². The van der Waals surface area contributed by atoms with Crippen molar-refractivity contribution >= 4 is 5.82 Å². The summed E-state index contributed by atoms with van der Waals surface area (Å²) in [6, 6.07) is 6.42. The molecule has 0 aliphatic carbocycles. The van der Waals surface area contributed by atoms with Crippen molar-refractivity contribution < 1.29 is 0 Å². The third-order valence-electron chi connectivity index (χ3n) is 4.14. The SMILES string of the molecule is Cc1ccc(N2CC3CC2CN3C(C)C)nc1. The number of likely N-dealkylation sites (tertiary alicyclic amines) is 1. The minimum Gasteiger partial charge on any atom is -0.351 e. The van der Waals surface area contributed by atoms with E-state index in [4.69, 9.17) is 0 Å². The molecule has 3 nitrogen and oxygen atoms in total. The summed E-state index contributed by atoms with van der Waals surface area (Å²) in [5.41, 5.74) is 1.24. The largest absolute Gasteiger partial charge is 0.351 e. The molecule has 2 atom stereocenters. The molecule has 1 aromatic rings. The van der Waals surface area contributed by atoms with Gasteiger partial charge in [-0.2, -0.15) is 0 Å². The number of hydrogen-bond donors (Lipinski definition) is 0. The van der Waals surface area contributed by atoms with Gasteiger partial charge in [0, 0.05) is 37.4 Å². The number of aromatic nitrogens is 1. The molecule has 2 bridgehead atoms. The zero-order valence-corrected chi connectivity index (χ0v) is 10.9. The Morgan fingerprint density at radius 2 is 2.06 bits per heavy atom. The van der Waals surface area contributed by atoms with Crippen LogP contribution in [0, 0.1) is 6.92 Å². The summed E-state index contributed by atoms with van der Waals surface area (Å²) in [5.74, 6) is 1.16. The maximum Gasteiger partial charge on any atom is 0.128 e. The molecule has 2 saturated heterocycles. The normalized spacial score (nSPS) is 28.4. The van der Waals surface area contributed by atoms with Crippen LogP contribution in [0.2, 0.25) is 0 Å². The van der Waals surface area contributed by atoms with Gasteiger partial charge in [-0.25, -0.2) is 4.98 Å². The highest BCUT2D eigenvalue weighted by Gasteiger charge is 2.44. The van der Waals surface area contributed by atoms with Crippen molar-refractivity contribution in [2.75, 3.05) is 18.0 Å². The van der Waals surface area contributed by atoms with Gasteiger partial charge < -0.3 is 4.90 Å². The van der Waals surface area contributed by atoms with E-state index in [1.165, 1.54) is 18.5 Å². The molecule has 0 saturated carbocycles. The van der Waals surface area contributed by atoms with Gasteiger partial charge in [0.05, 0.1) is 0 Å². The predicted octanol–water partition coefficient (Wildman–Crippen LogP) is 2.06. The Morgan fingerprint density at radius 3 is 2.59 bits per heavy atom. The predicted molar refractivity (Wildman–Crippen MR) is 70.4 cm³/mol. The Kier molecular flexibility index (Phi) is 2.58. The maximum atomic E-state index is 4.56. The Morgan fingerprint density at radius 1 is 1.24 bits per heavy atom. The Balaban J connectivity index is 1.76. The van der Waals surface area contributed by atoms with E-state index in [0.29, 0.717) is 12.1 Å². The Hall–Kier alpha value is -1.09. The fraction of sp³-hybridized carbons (Fsp3) is 0.643. The minimum absolute atomic E-state index is 0.678. The van der Waals surface area contributed by atoms with Crippen LogP contribution in [-0.4, -0.2) is 41.1 Å². The standard InChI is InChI=1S/C14H21N3/c1-10(2)16-8-13-6-12(16)9-17(13)14-5-4-11(3)7-15-14/h4-5,7,10,12-13H,6,8-9H2,1-3H3. The van der Waals surface area contributed by atoms with Crippen molar-refractivity contribution in [3.63, 3.8) is 0 Å². The molecule has 2 aliphatic heterocycles. The molecule has 2 fully saturated rings. The maximum absolute atomic E-state index is 4.56. The van der Waals surface area contributed by atoms with E-state index >= 15 is 0 Å². The van der Waals surface area contributed by atoms with Gasteiger partial charge >= 0.3 is 0 Å². The Labute approximate surface area is 103 Å². The van der Waals surface area contributed by atoms with Gasteiger partial charge in [-0.3, -0.25) is 4.90 Å². The van der Waals surface area contributed by atoms with E-state index in [1.807, 2.05) is 6.20 Å². The number of aryl methyl sites for hydroxylation is 1. The lowest BCUT2D eigenvalue weighted by Crippen LogP contribution is -2.49. The smallest absolute Gasteiger partial charge is 0.128 e. The molecule has 92 valence electrons. The topological polar surface area (TPSA) is 19.4 Å². The molecule has 0 N–H and O–H groups in total. The van der Waals surface area contributed by atoms with Crippen LogP contribution < -0.4 is 4.90 Å². The first-order chi connectivity index (χ1) is 8.15. The highest BCUT2D eigenvalue weighted by Crippen LogP contribution is 2.34. The van der Waals surface area contributed by atoms with Crippen molar-refractivity contribution in [2.24, 2.45) is 0 Å². The molecular formula is C14H21N3. The zero-order valence-electron chi connectivity index (χ0n) is 10.9. The monoisotopic (exact) mass is 231 g/mol. The van der Waals surface area contributed by atoms with Crippen molar-refractivity contribution in [3.05, 3.63) is 23.9 Å². The van der Waals surface area contributed by atoms with E-state index < -0.39 is 0 Å². The molecule has 1 aromatic heterocycles. The van der Waals surface area contributed by atoms with Crippen LogP contribution in [-0.2, 0) is 0 Å². The van der Waals surface area contributed by atoms with E-state index in [0.717, 1.165) is 18.4 Å². The third-order valence-corrected chi connectivity index (χ3v) is 4.14. The van der Waals surface area contributed by atoms with E-state index in [-0.39, 0.29) is 0 Å². The molecule has 0 spiro atoms. The molecule has 17 heavy (non-hydrogen) atoms. The van der Waals surface area contributed by atoms with Gasteiger partial charge in [0.15, 0.2) is 0 Å². The average Bonchev–Trinajstić information content (AvgIpc) is 2.89. The first kappa shape index (κ1) is 11.0. The number of nitrogens with zero attached hydrogens (tertiary/aromatic N) is 3. The molecular weight excluding hydrogens is 210 g/mol. The summed E-state index contributed by atoms with van der Waals surface area (Å²) in [6.07, 6.45) is 3.29. The first-order valence-electron chi connectivity index (χ1n) is 6.60. The average molecular weight is 231 g/mol. The van der Waals surface area contributed by atoms with Gasteiger partial charge in [0.2, 0.25) is 0 Å². The summed E-state index contributed by atoms with van der Waals surface area (Å²) in [5, 5.41) is 0. The first-order valence-corrected chi connectivity index (χ1v) is 6.60. The van der Waals surface area contributed by atoms with Gasteiger partial charge in [0.1, 0.15) is 5.82 Å². The van der Waals surface area contributed by atoms with Gasteiger partial charge in [-0.05, 0) is 38.8 Å². The minimum atomic E-state index is 0.678. The molecule has 0 amide bonds. The van der Waals surface area contributed by atoms with E-state index in [1.54, 1.807) is 0 Å². The number of pyridine rings is 1. The fourth-order valence-corrected chi connectivity index (χ4v) is 3.24. The summed E-state index contributed by atoms with van der Waals surface area (Å²) >= 11 is 0. The highest BCUT2D eigenvalue weighted by atomic mass is 15.4. The molecule has 2 unspecified atom stereocenters. The summed E-state index contributed by atoms with van der Waals surface area (Å²) < 4.78 is 0. The van der Waals surface area contributed by atoms with E-state index in [2.05, 4.69) is 47.7 Å². The highest BCUT2D eigenvalue weighted by molar-refractivity contribution is 5.44. The van der Waals surface area contributed by atoms with Crippen LogP contribution in [0.4, 0.5) is 5.82 Å². The summed E-state index contributed by atoms with van der Waals surface area (Å²) in [4.78, 5) is 9.68. The summed E-state index contributed by atoms with van der Waals surface area (Å²) in [7, 11) is 0. The quantitative estimate of drug-likeness (QED) is 0.776. The number of rotatable bonds is 2. The van der Waals surface area contributed by atoms with Gasteiger partial charge in [0.25, 0.3) is 0 Å². The van der Waals surface area contributed by atoms with Crippen LogP contribution in [0.3, 0.4) is 0 Å². The Bertz CT molecular complexity index is 398.